The lowest BCUT2D eigenvalue weighted by Gasteiger charge is -2.36. The fourth-order valence-electron chi connectivity index (χ4n) is 3.56. The van der Waals surface area contributed by atoms with Crippen molar-refractivity contribution in [2.45, 2.75) is 20.0 Å². The number of aromatic hydroxyl groups is 1. The van der Waals surface area contributed by atoms with Crippen molar-refractivity contribution in [3.05, 3.63) is 53.6 Å². The first-order valence-electron chi connectivity index (χ1n) is 10.4. The SMILES string of the molecule is CCNC(=NCc1ccc(O)cc1)N1CCN(Cc2cc(OC)ccc2OC)CC1. The van der Waals surface area contributed by atoms with E-state index in [4.69, 9.17) is 14.5 Å². The van der Waals surface area contributed by atoms with E-state index >= 15 is 0 Å². The minimum atomic E-state index is 0.276. The average molecular weight is 413 g/mol. The molecular formula is C23H32N4O3. The van der Waals surface area contributed by atoms with Crippen molar-refractivity contribution in [3.63, 3.8) is 0 Å². The van der Waals surface area contributed by atoms with Crippen molar-refractivity contribution in [2.75, 3.05) is 46.9 Å². The summed E-state index contributed by atoms with van der Waals surface area (Å²) in [5.74, 6) is 2.95. The van der Waals surface area contributed by atoms with Gasteiger partial charge in [-0.1, -0.05) is 12.1 Å². The Bertz CT molecular complexity index is 831. The number of benzene rings is 2. The van der Waals surface area contributed by atoms with Gasteiger partial charge < -0.3 is 24.8 Å². The Morgan fingerprint density at radius 2 is 1.77 bits per heavy atom. The summed E-state index contributed by atoms with van der Waals surface area (Å²) in [6.07, 6.45) is 0. The van der Waals surface area contributed by atoms with Gasteiger partial charge in [0.1, 0.15) is 17.2 Å². The van der Waals surface area contributed by atoms with E-state index < -0.39 is 0 Å². The summed E-state index contributed by atoms with van der Waals surface area (Å²) in [4.78, 5) is 9.53. The number of nitrogens with one attached hydrogen (secondary N) is 1. The molecule has 1 saturated heterocycles. The Kier molecular flexibility index (Phi) is 7.79. The summed E-state index contributed by atoms with van der Waals surface area (Å²) < 4.78 is 10.9. The Morgan fingerprint density at radius 1 is 1.03 bits per heavy atom. The van der Waals surface area contributed by atoms with Crippen LogP contribution in [-0.2, 0) is 13.1 Å². The third-order valence-electron chi connectivity index (χ3n) is 5.24. The number of guanidine groups is 1. The molecule has 7 heteroatoms. The first-order valence-corrected chi connectivity index (χ1v) is 10.4. The van der Waals surface area contributed by atoms with Crippen LogP contribution >= 0.6 is 0 Å². The number of aliphatic imine (C=N–C) groups is 1. The number of hydrogen-bond acceptors (Lipinski definition) is 5. The molecule has 1 heterocycles. The van der Waals surface area contributed by atoms with Gasteiger partial charge in [-0.25, -0.2) is 4.99 Å². The number of piperazine rings is 1. The largest absolute Gasteiger partial charge is 0.508 e. The molecule has 1 aliphatic heterocycles. The number of nitrogens with zero attached hydrogens (tertiary/aromatic N) is 3. The van der Waals surface area contributed by atoms with Crippen LogP contribution in [0.1, 0.15) is 18.1 Å². The zero-order valence-corrected chi connectivity index (χ0v) is 18.1. The Balaban J connectivity index is 1.60. The molecule has 0 unspecified atom stereocenters. The van der Waals surface area contributed by atoms with Crippen LogP contribution in [0.3, 0.4) is 0 Å². The van der Waals surface area contributed by atoms with Crippen molar-refractivity contribution >= 4 is 5.96 Å². The highest BCUT2D eigenvalue weighted by Crippen LogP contribution is 2.25. The molecule has 2 aromatic rings. The number of methoxy groups -OCH3 is 2. The molecule has 30 heavy (non-hydrogen) atoms. The molecule has 2 N–H and O–H groups in total. The number of phenolic OH excluding ortho intramolecular Hbond substituents is 1. The summed E-state index contributed by atoms with van der Waals surface area (Å²) in [6.45, 7) is 8.05. The standard InChI is InChI=1S/C23H32N4O3/c1-4-24-23(25-16-18-5-7-20(28)8-6-18)27-13-11-26(12-14-27)17-19-15-21(29-2)9-10-22(19)30-3/h5-10,15,28H,4,11-14,16-17H2,1-3H3,(H,24,25). The average Bonchev–Trinajstić information content (AvgIpc) is 2.78. The van der Waals surface area contributed by atoms with Crippen LogP contribution < -0.4 is 14.8 Å². The summed E-state index contributed by atoms with van der Waals surface area (Å²) >= 11 is 0. The number of phenols is 1. The number of hydrogen-bond donors (Lipinski definition) is 2. The van der Waals surface area contributed by atoms with Crippen LogP contribution in [0.25, 0.3) is 0 Å². The molecule has 0 radical (unpaired) electrons. The highest BCUT2D eigenvalue weighted by molar-refractivity contribution is 5.80. The van der Waals surface area contributed by atoms with E-state index in [1.54, 1.807) is 26.4 Å². The van der Waals surface area contributed by atoms with E-state index in [0.29, 0.717) is 6.54 Å². The fourth-order valence-corrected chi connectivity index (χ4v) is 3.56. The smallest absolute Gasteiger partial charge is 0.194 e. The highest BCUT2D eigenvalue weighted by Gasteiger charge is 2.20. The fraction of sp³-hybridized carbons (Fsp3) is 0.435. The minimum Gasteiger partial charge on any atom is -0.508 e. The Morgan fingerprint density at radius 3 is 2.40 bits per heavy atom. The highest BCUT2D eigenvalue weighted by atomic mass is 16.5. The van der Waals surface area contributed by atoms with Gasteiger partial charge in [-0.2, -0.15) is 0 Å². The van der Waals surface area contributed by atoms with Gasteiger partial charge in [-0.15, -0.1) is 0 Å². The molecule has 0 bridgehead atoms. The summed E-state index contributed by atoms with van der Waals surface area (Å²) in [6, 6.07) is 13.1. The van der Waals surface area contributed by atoms with Crippen LogP contribution in [0.15, 0.2) is 47.5 Å². The molecule has 0 saturated carbocycles. The molecule has 3 rings (SSSR count). The summed E-state index contributed by atoms with van der Waals surface area (Å²) in [5.41, 5.74) is 2.21. The summed E-state index contributed by atoms with van der Waals surface area (Å²) in [7, 11) is 3.39. The molecule has 0 aromatic heterocycles. The van der Waals surface area contributed by atoms with Crippen molar-refractivity contribution in [3.8, 4) is 17.2 Å². The molecule has 0 aliphatic carbocycles. The molecule has 2 aromatic carbocycles. The predicted octanol–water partition coefficient (Wildman–Crippen LogP) is 2.69. The lowest BCUT2D eigenvalue weighted by molar-refractivity contribution is 0.171. The monoisotopic (exact) mass is 412 g/mol. The third kappa shape index (κ3) is 5.79. The maximum Gasteiger partial charge on any atom is 0.194 e. The molecule has 7 nitrogen and oxygen atoms in total. The van der Waals surface area contributed by atoms with E-state index in [1.165, 1.54) is 0 Å². The van der Waals surface area contributed by atoms with Crippen LogP contribution in [0.4, 0.5) is 0 Å². The van der Waals surface area contributed by atoms with Crippen molar-refractivity contribution in [1.29, 1.82) is 0 Å². The molecule has 0 spiro atoms. The quantitative estimate of drug-likeness (QED) is 0.538. The molecule has 0 atom stereocenters. The van der Waals surface area contributed by atoms with Crippen LogP contribution in [-0.4, -0.2) is 67.8 Å². The number of ether oxygens (including phenoxy) is 2. The van der Waals surface area contributed by atoms with E-state index in [9.17, 15) is 5.11 Å². The first kappa shape index (κ1) is 21.8. The van der Waals surface area contributed by atoms with Crippen LogP contribution in [0.5, 0.6) is 17.2 Å². The van der Waals surface area contributed by atoms with Gasteiger partial charge in [0.15, 0.2) is 5.96 Å². The van der Waals surface area contributed by atoms with Gasteiger partial charge in [-0.3, -0.25) is 4.90 Å². The van der Waals surface area contributed by atoms with Crippen molar-refractivity contribution in [2.24, 2.45) is 4.99 Å². The molecule has 162 valence electrons. The minimum absolute atomic E-state index is 0.276. The molecular weight excluding hydrogens is 380 g/mol. The molecule has 1 fully saturated rings. The summed E-state index contributed by atoms with van der Waals surface area (Å²) in [5, 5.41) is 12.8. The second-order valence-corrected chi connectivity index (χ2v) is 7.28. The maximum absolute atomic E-state index is 9.44. The lowest BCUT2D eigenvalue weighted by atomic mass is 10.1. The van der Waals surface area contributed by atoms with Crippen molar-refractivity contribution < 1.29 is 14.6 Å². The third-order valence-corrected chi connectivity index (χ3v) is 5.24. The first-order chi connectivity index (χ1) is 14.6. The lowest BCUT2D eigenvalue weighted by Crippen LogP contribution is -2.52. The van der Waals surface area contributed by atoms with Crippen molar-refractivity contribution in [1.82, 2.24) is 15.1 Å². The van der Waals surface area contributed by atoms with Gasteiger partial charge in [0.2, 0.25) is 0 Å². The normalized spacial score (nSPS) is 15.2. The van der Waals surface area contributed by atoms with Gasteiger partial charge >= 0.3 is 0 Å². The Hall–Kier alpha value is -2.93. The zero-order chi connectivity index (χ0) is 21.3. The van der Waals surface area contributed by atoms with Crippen LogP contribution in [0.2, 0.25) is 0 Å². The van der Waals surface area contributed by atoms with E-state index in [1.807, 2.05) is 30.3 Å². The maximum atomic E-state index is 9.44. The second kappa shape index (κ2) is 10.7. The molecule has 0 amide bonds. The van der Waals surface area contributed by atoms with E-state index in [0.717, 1.165) is 67.9 Å². The topological polar surface area (TPSA) is 69.6 Å². The molecule has 1 aliphatic rings. The van der Waals surface area contributed by atoms with Gasteiger partial charge in [0.05, 0.1) is 20.8 Å². The van der Waals surface area contributed by atoms with Gasteiger partial charge in [0.25, 0.3) is 0 Å². The van der Waals surface area contributed by atoms with E-state index in [-0.39, 0.29) is 5.75 Å². The Labute approximate surface area is 178 Å². The van der Waals surface area contributed by atoms with Gasteiger partial charge in [0, 0.05) is 44.8 Å². The van der Waals surface area contributed by atoms with E-state index in [2.05, 4.69) is 22.0 Å². The van der Waals surface area contributed by atoms with Crippen LogP contribution in [0, 0.1) is 0 Å². The predicted molar refractivity (Wildman–Crippen MR) is 119 cm³/mol. The van der Waals surface area contributed by atoms with Gasteiger partial charge in [-0.05, 0) is 42.8 Å². The zero-order valence-electron chi connectivity index (χ0n) is 18.1. The second-order valence-electron chi connectivity index (χ2n) is 7.28. The number of rotatable bonds is 7.